The maximum Gasteiger partial charge on any atom is 0.416 e. The lowest BCUT2D eigenvalue weighted by Crippen LogP contribution is -2.11. The second-order valence-electron chi connectivity index (χ2n) is 6.33. The molecule has 8 heteroatoms. The third-order valence-corrected chi connectivity index (χ3v) is 4.91. The van der Waals surface area contributed by atoms with Crippen molar-refractivity contribution >= 4 is 22.4 Å². The van der Waals surface area contributed by atoms with Crippen molar-refractivity contribution in [2.75, 3.05) is 11.9 Å². The third-order valence-electron chi connectivity index (χ3n) is 4.00. The van der Waals surface area contributed by atoms with Crippen LogP contribution in [0.4, 0.5) is 18.3 Å². The molecule has 1 N–H and O–H groups in total. The quantitative estimate of drug-likeness (QED) is 0.526. The maximum atomic E-state index is 12.8. The summed E-state index contributed by atoms with van der Waals surface area (Å²) < 4.78 is 44.0. The fraction of sp³-hybridized carbons (Fsp3) is 0.238. The van der Waals surface area contributed by atoms with Gasteiger partial charge in [-0.2, -0.15) is 13.2 Å². The van der Waals surface area contributed by atoms with Crippen LogP contribution in [0.25, 0.3) is 0 Å². The second-order valence-corrected chi connectivity index (χ2v) is 7.45. The van der Waals surface area contributed by atoms with Crippen molar-refractivity contribution < 1.29 is 22.7 Å². The number of carbonyl (C=O) groups excluding carboxylic acids is 1. The summed E-state index contributed by atoms with van der Waals surface area (Å²) in [5, 5.41) is 3.10. The standard InChI is InChI=1S/C21H19F3N2O2S/c1-2-10-28-17-8-6-15(7-9-17)19(27)26-20-25-13-18(29-20)12-14-4-3-5-16(11-14)21(22,23)24/h3-9,11,13H,2,10,12H2,1H3,(H,25,26,27). The summed E-state index contributed by atoms with van der Waals surface area (Å²) in [7, 11) is 0. The molecule has 0 spiro atoms. The molecule has 0 saturated heterocycles. The second kappa shape index (κ2) is 9.09. The van der Waals surface area contributed by atoms with Gasteiger partial charge in [0.15, 0.2) is 5.13 Å². The predicted molar refractivity (Wildman–Crippen MR) is 107 cm³/mol. The molecule has 29 heavy (non-hydrogen) atoms. The number of carbonyl (C=O) groups is 1. The zero-order chi connectivity index (χ0) is 20.9. The summed E-state index contributed by atoms with van der Waals surface area (Å²) >= 11 is 1.23. The van der Waals surface area contributed by atoms with Crippen molar-refractivity contribution in [1.82, 2.24) is 4.98 Å². The minimum absolute atomic E-state index is 0.306. The zero-order valence-corrected chi connectivity index (χ0v) is 16.4. The molecule has 0 aliphatic heterocycles. The van der Waals surface area contributed by atoms with Crippen LogP contribution in [0.2, 0.25) is 0 Å². The van der Waals surface area contributed by atoms with E-state index >= 15 is 0 Å². The van der Waals surface area contributed by atoms with Crippen LogP contribution in [0.5, 0.6) is 5.75 Å². The first-order chi connectivity index (χ1) is 13.8. The lowest BCUT2D eigenvalue weighted by atomic mass is 10.1. The summed E-state index contributed by atoms with van der Waals surface area (Å²) in [6.07, 6.45) is -1.61. The molecule has 0 saturated carbocycles. The van der Waals surface area contributed by atoms with E-state index in [2.05, 4.69) is 10.3 Å². The van der Waals surface area contributed by atoms with Gasteiger partial charge in [0.1, 0.15) is 5.75 Å². The number of nitrogens with one attached hydrogen (secondary N) is 1. The first-order valence-corrected chi connectivity index (χ1v) is 9.82. The number of thiazole rings is 1. The van der Waals surface area contributed by atoms with Crippen molar-refractivity contribution in [2.45, 2.75) is 25.9 Å². The first kappa shape index (κ1) is 20.9. The lowest BCUT2D eigenvalue weighted by molar-refractivity contribution is -0.137. The van der Waals surface area contributed by atoms with Gasteiger partial charge >= 0.3 is 6.18 Å². The van der Waals surface area contributed by atoms with Gasteiger partial charge in [0, 0.05) is 23.1 Å². The topological polar surface area (TPSA) is 51.2 Å². The lowest BCUT2D eigenvalue weighted by Gasteiger charge is -2.08. The normalized spacial score (nSPS) is 11.3. The average molecular weight is 420 g/mol. The number of halogens is 3. The highest BCUT2D eigenvalue weighted by Crippen LogP contribution is 2.30. The molecule has 0 aliphatic rings. The number of rotatable bonds is 7. The van der Waals surface area contributed by atoms with Gasteiger partial charge < -0.3 is 4.74 Å². The van der Waals surface area contributed by atoms with Gasteiger partial charge in [-0.25, -0.2) is 4.98 Å². The van der Waals surface area contributed by atoms with Gasteiger partial charge in [-0.05, 0) is 42.3 Å². The molecule has 0 bridgehead atoms. The molecule has 1 aromatic heterocycles. The number of hydrogen-bond donors (Lipinski definition) is 1. The Morgan fingerprint density at radius 1 is 1.17 bits per heavy atom. The number of aromatic nitrogens is 1. The van der Waals surface area contributed by atoms with Gasteiger partial charge in [-0.1, -0.05) is 25.1 Å². The highest BCUT2D eigenvalue weighted by molar-refractivity contribution is 7.15. The number of hydrogen-bond acceptors (Lipinski definition) is 4. The number of anilines is 1. The third kappa shape index (κ3) is 5.80. The van der Waals surface area contributed by atoms with Gasteiger partial charge in [0.05, 0.1) is 12.2 Å². The van der Waals surface area contributed by atoms with E-state index in [1.807, 2.05) is 6.92 Å². The molecule has 2 aromatic carbocycles. The van der Waals surface area contributed by atoms with Crippen LogP contribution in [-0.2, 0) is 12.6 Å². The number of alkyl halides is 3. The Morgan fingerprint density at radius 2 is 1.93 bits per heavy atom. The highest BCUT2D eigenvalue weighted by Gasteiger charge is 2.30. The van der Waals surface area contributed by atoms with Crippen LogP contribution in [0.1, 0.15) is 39.7 Å². The molecular weight excluding hydrogens is 401 g/mol. The van der Waals surface area contributed by atoms with Crippen LogP contribution < -0.4 is 10.1 Å². The molecule has 0 radical (unpaired) electrons. The van der Waals surface area contributed by atoms with Crippen LogP contribution in [0, 0.1) is 0 Å². The number of amides is 1. The smallest absolute Gasteiger partial charge is 0.416 e. The Kier molecular flexibility index (Phi) is 6.53. The van der Waals surface area contributed by atoms with Crippen molar-refractivity contribution in [3.63, 3.8) is 0 Å². The molecule has 1 amide bonds. The van der Waals surface area contributed by atoms with Gasteiger partial charge in [0.25, 0.3) is 5.91 Å². The van der Waals surface area contributed by atoms with Crippen LogP contribution in [0.15, 0.2) is 54.7 Å². The SMILES string of the molecule is CCCOc1ccc(C(=O)Nc2ncc(Cc3cccc(C(F)(F)F)c3)s2)cc1. The fourth-order valence-corrected chi connectivity index (χ4v) is 3.44. The van der Waals surface area contributed by atoms with Crippen molar-refractivity contribution in [3.05, 3.63) is 76.3 Å². The summed E-state index contributed by atoms with van der Waals surface area (Å²) in [6, 6.07) is 12.0. The van der Waals surface area contributed by atoms with E-state index in [1.54, 1.807) is 36.5 Å². The highest BCUT2D eigenvalue weighted by atomic mass is 32.1. The number of nitrogens with zero attached hydrogens (tertiary/aromatic N) is 1. The monoisotopic (exact) mass is 420 g/mol. The molecule has 1 heterocycles. The van der Waals surface area contributed by atoms with Crippen LogP contribution in [-0.4, -0.2) is 17.5 Å². The fourth-order valence-electron chi connectivity index (χ4n) is 2.60. The van der Waals surface area contributed by atoms with Crippen molar-refractivity contribution in [1.29, 1.82) is 0 Å². The van der Waals surface area contributed by atoms with Crippen LogP contribution >= 0.6 is 11.3 Å². The largest absolute Gasteiger partial charge is 0.494 e. The minimum Gasteiger partial charge on any atom is -0.494 e. The van der Waals surface area contributed by atoms with E-state index < -0.39 is 11.7 Å². The molecule has 3 rings (SSSR count). The Labute approximate surface area is 170 Å². The molecule has 152 valence electrons. The average Bonchev–Trinajstić information content (AvgIpc) is 3.13. The van der Waals surface area contributed by atoms with Crippen molar-refractivity contribution in [2.24, 2.45) is 0 Å². The van der Waals surface area contributed by atoms with E-state index in [-0.39, 0.29) is 5.91 Å². The molecular formula is C21H19F3N2O2S. The minimum atomic E-state index is -4.38. The first-order valence-electron chi connectivity index (χ1n) is 9.00. The predicted octanol–water partition coefficient (Wildman–Crippen LogP) is 5.79. The Bertz CT molecular complexity index is 969. The van der Waals surface area contributed by atoms with Gasteiger partial charge in [-0.3, -0.25) is 10.1 Å². The Morgan fingerprint density at radius 3 is 2.62 bits per heavy atom. The van der Waals surface area contributed by atoms with Crippen molar-refractivity contribution in [3.8, 4) is 5.75 Å². The van der Waals surface area contributed by atoms with Crippen LogP contribution in [0.3, 0.4) is 0 Å². The van der Waals surface area contributed by atoms with Gasteiger partial charge in [0.2, 0.25) is 0 Å². The van der Waals surface area contributed by atoms with Gasteiger partial charge in [-0.15, -0.1) is 11.3 Å². The summed E-state index contributed by atoms with van der Waals surface area (Å²) in [4.78, 5) is 17.3. The van der Waals surface area contributed by atoms with E-state index in [1.165, 1.54) is 17.4 Å². The number of ether oxygens (including phenoxy) is 1. The summed E-state index contributed by atoms with van der Waals surface area (Å²) in [5.74, 6) is 0.382. The molecule has 0 fully saturated rings. The molecule has 4 nitrogen and oxygen atoms in total. The molecule has 0 atom stereocenters. The zero-order valence-electron chi connectivity index (χ0n) is 15.6. The molecule has 0 aliphatic carbocycles. The molecule has 0 unspecified atom stereocenters. The maximum absolute atomic E-state index is 12.8. The van der Waals surface area contributed by atoms with E-state index in [0.717, 1.165) is 23.4 Å². The summed E-state index contributed by atoms with van der Waals surface area (Å²) in [6.45, 7) is 2.62. The van der Waals surface area contributed by atoms with E-state index in [0.29, 0.717) is 35.0 Å². The summed E-state index contributed by atoms with van der Waals surface area (Å²) in [5.41, 5.74) is 0.312. The molecule has 3 aromatic rings. The Balaban J connectivity index is 1.62. The number of benzene rings is 2. The Hall–Kier alpha value is -2.87. The van der Waals surface area contributed by atoms with E-state index in [4.69, 9.17) is 4.74 Å². The van der Waals surface area contributed by atoms with E-state index in [9.17, 15) is 18.0 Å².